The van der Waals surface area contributed by atoms with Crippen molar-refractivity contribution in [1.82, 2.24) is 0 Å². The van der Waals surface area contributed by atoms with Crippen LogP contribution >= 0.6 is 31.9 Å². The molecule has 0 aliphatic rings. The predicted octanol–water partition coefficient (Wildman–Crippen LogP) is 8.70. The van der Waals surface area contributed by atoms with Crippen LogP contribution in [0.1, 0.15) is 0 Å². The average Bonchev–Trinajstić information content (AvgIpc) is 2.85. The van der Waals surface area contributed by atoms with E-state index in [2.05, 4.69) is 159 Å². The van der Waals surface area contributed by atoms with E-state index in [0.717, 1.165) is 8.95 Å². The lowest BCUT2D eigenvalue weighted by Crippen LogP contribution is -2.30. The first kappa shape index (κ1) is 21.8. The highest BCUT2D eigenvalue weighted by Crippen LogP contribution is 2.42. The van der Waals surface area contributed by atoms with Gasteiger partial charge in [-0.1, -0.05) is 86.5 Å². The standard InChI is InChI=1S/C30H22Br2N/c1-33-18-6-5-9-29(33)30-27(22-10-14-25(31)15-11-22)19-24(21-7-3-2-4-8-21)20-28(30)23-12-16-26(32)17-13-23/h2-20H,1H3/q+1. The fourth-order valence-electron chi connectivity index (χ4n) is 4.21. The van der Waals surface area contributed by atoms with Crippen molar-refractivity contribution in [2.75, 3.05) is 0 Å². The number of hydrogen-bond donors (Lipinski definition) is 0. The summed E-state index contributed by atoms with van der Waals surface area (Å²) >= 11 is 7.19. The third-order valence-corrected chi connectivity index (χ3v) is 6.92. The van der Waals surface area contributed by atoms with Crippen LogP contribution in [-0.2, 0) is 7.05 Å². The molecule has 1 nitrogen and oxygen atoms in total. The van der Waals surface area contributed by atoms with Gasteiger partial charge in [-0.25, -0.2) is 4.57 Å². The van der Waals surface area contributed by atoms with Crippen LogP contribution in [-0.4, -0.2) is 0 Å². The summed E-state index contributed by atoms with van der Waals surface area (Å²) < 4.78 is 4.35. The summed E-state index contributed by atoms with van der Waals surface area (Å²) in [6, 6.07) is 38.8. The van der Waals surface area contributed by atoms with E-state index >= 15 is 0 Å². The van der Waals surface area contributed by atoms with Crippen LogP contribution in [0.3, 0.4) is 0 Å². The normalized spacial score (nSPS) is 10.9. The maximum Gasteiger partial charge on any atom is 0.213 e. The molecule has 1 heterocycles. The molecular weight excluding hydrogens is 534 g/mol. The molecule has 0 unspecified atom stereocenters. The third-order valence-electron chi connectivity index (χ3n) is 5.87. The fourth-order valence-corrected chi connectivity index (χ4v) is 4.74. The Hall–Kier alpha value is -3.01. The summed E-state index contributed by atoms with van der Waals surface area (Å²) in [5, 5.41) is 0. The zero-order chi connectivity index (χ0) is 22.8. The van der Waals surface area contributed by atoms with E-state index < -0.39 is 0 Å². The summed E-state index contributed by atoms with van der Waals surface area (Å²) in [7, 11) is 2.11. The molecule has 0 aliphatic carbocycles. The Bertz CT molecular complexity index is 1340. The van der Waals surface area contributed by atoms with Crippen LogP contribution in [0, 0.1) is 0 Å². The monoisotopic (exact) mass is 554 g/mol. The summed E-state index contributed by atoms with van der Waals surface area (Å²) in [6.45, 7) is 0. The Morgan fingerprint density at radius 3 is 1.55 bits per heavy atom. The quantitative estimate of drug-likeness (QED) is 0.195. The minimum atomic E-state index is 1.07. The van der Waals surface area contributed by atoms with Gasteiger partial charge in [0.15, 0.2) is 6.20 Å². The second-order valence-corrected chi connectivity index (χ2v) is 9.85. The molecular formula is C30H22Br2N+. The van der Waals surface area contributed by atoms with E-state index in [-0.39, 0.29) is 0 Å². The van der Waals surface area contributed by atoms with Gasteiger partial charge in [0.1, 0.15) is 7.05 Å². The van der Waals surface area contributed by atoms with Crippen molar-refractivity contribution in [2.24, 2.45) is 7.05 Å². The van der Waals surface area contributed by atoms with Crippen molar-refractivity contribution >= 4 is 31.9 Å². The van der Waals surface area contributed by atoms with Gasteiger partial charge in [0, 0.05) is 21.1 Å². The molecule has 0 amide bonds. The van der Waals surface area contributed by atoms with Crippen molar-refractivity contribution in [3.05, 3.63) is 124 Å². The van der Waals surface area contributed by atoms with Crippen molar-refractivity contribution in [1.29, 1.82) is 0 Å². The van der Waals surface area contributed by atoms with Crippen LogP contribution < -0.4 is 4.57 Å². The summed E-state index contributed by atoms with van der Waals surface area (Å²) in [5.74, 6) is 0. The van der Waals surface area contributed by atoms with E-state index in [9.17, 15) is 0 Å². The second-order valence-electron chi connectivity index (χ2n) is 8.02. The number of nitrogens with zero attached hydrogens (tertiary/aromatic N) is 1. The Kier molecular flexibility index (Phi) is 6.26. The third kappa shape index (κ3) is 4.57. The zero-order valence-electron chi connectivity index (χ0n) is 18.2. The Morgan fingerprint density at radius 2 is 1.03 bits per heavy atom. The highest BCUT2D eigenvalue weighted by atomic mass is 79.9. The molecule has 4 aromatic carbocycles. The van der Waals surface area contributed by atoms with E-state index in [1.165, 1.54) is 44.6 Å². The van der Waals surface area contributed by atoms with Gasteiger partial charge in [-0.05, 0) is 75.8 Å². The van der Waals surface area contributed by atoms with Crippen LogP contribution in [0.25, 0.3) is 44.6 Å². The fraction of sp³-hybridized carbons (Fsp3) is 0.0333. The maximum absolute atomic E-state index is 3.59. The molecule has 0 fully saturated rings. The summed E-state index contributed by atoms with van der Waals surface area (Å²) in [6.07, 6.45) is 2.11. The van der Waals surface area contributed by atoms with Gasteiger partial charge in [-0.2, -0.15) is 0 Å². The van der Waals surface area contributed by atoms with Crippen LogP contribution in [0.2, 0.25) is 0 Å². The number of aryl methyl sites for hydroxylation is 1. The largest absolute Gasteiger partial charge is 0.213 e. The number of halogens is 2. The molecule has 5 aromatic rings. The van der Waals surface area contributed by atoms with Crippen molar-refractivity contribution in [3.8, 4) is 44.6 Å². The first-order valence-corrected chi connectivity index (χ1v) is 12.4. The predicted molar refractivity (Wildman–Crippen MR) is 145 cm³/mol. The van der Waals surface area contributed by atoms with E-state index in [1.807, 2.05) is 0 Å². The lowest BCUT2D eigenvalue weighted by atomic mass is 9.86. The average molecular weight is 556 g/mol. The molecule has 160 valence electrons. The Balaban J connectivity index is 1.89. The maximum atomic E-state index is 3.59. The number of hydrogen-bond acceptors (Lipinski definition) is 0. The van der Waals surface area contributed by atoms with E-state index in [1.54, 1.807) is 0 Å². The molecule has 3 heteroatoms. The molecule has 0 aliphatic heterocycles. The molecule has 0 saturated heterocycles. The Morgan fingerprint density at radius 1 is 0.515 bits per heavy atom. The van der Waals surface area contributed by atoms with Gasteiger partial charge in [0.2, 0.25) is 5.69 Å². The van der Waals surface area contributed by atoms with Crippen LogP contribution in [0.5, 0.6) is 0 Å². The smallest absolute Gasteiger partial charge is 0.201 e. The molecule has 0 bridgehead atoms. The number of benzene rings is 4. The lowest BCUT2D eigenvalue weighted by Gasteiger charge is -2.17. The van der Waals surface area contributed by atoms with Crippen LogP contribution in [0.15, 0.2) is 124 Å². The number of aromatic nitrogens is 1. The minimum absolute atomic E-state index is 1.07. The molecule has 33 heavy (non-hydrogen) atoms. The summed E-state index contributed by atoms with van der Waals surface area (Å²) in [4.78, 5) is 0. The first-order chi connectivity index (χ1) is 16.1. The molecule has 5 rings (SSSR count). The molecule has 0 saturated carbocycles. The highest BCUT2D eigenvalue weighted by Gasteiger charge is 2.22. The van der Waals surface area contributed by atoms with Gasteiger partial charge in [0.05, 0.1) is 5.56 Å². The van der Waals surface area contributed by atoms with Gasteiger partial charge in [0.25, 0.3) is 0 Å². The highest BCUT2D eigenvalue weighted by molar-refractivity contribution is 9.10. The van der Waals surface area contributed by atoms with Gasteiger partial charge in [-0.3, -0.25) is 0 Å². The van der Waals surface area contributed by atoms with Gasteiger partial charge in [-0.15, -0.1) is 0 Å². The molecule has 0 atom stereocenters. The first-order valence-electron chi connectivity index (χ1n) is 10.8. The molecule has 0 N–H and O–H groups in total. The zero-order valence-corrected chi connectivity index (χ0v) is 21.3. The topological polar surface area (TPSA) is 3.88 Å². The minimum Gasteiger partial charge on any atom is -0.201 e. The molecule has 1 aromatic heterocycles. The Labute approximate surface area is 211 Å². The number of rotatable bonds is 4. The second kappa shape index (κ2) is 9.46. The van der Waals surface area contributed by atoms with Crippen LogP contribution in [0.4, 0.5) is 0 Å². The van der Waals surface area contributed by atoms with Crippen molar-refractivity contribution in [3.63, 3.8) is 0 Å². The van der Waals surface area contributed by atoms with E-state index in [4.69, 9.17) is 0 Å². The van der Waals surface area contributed by atoms with Gasteiger partial charge < -0.3 is 0 Å². The molecule has 0 spiro atoms. The molecule has 0 radical (unpaired) electrons. The van der Waals surface area contributed by atoms with Gasteiger partial charge >= 0.3 is 0 Å². The van der Waals surface area contributed by atoms with Crippen molar-refractivity contribution < 1.29 is 4.57 Å². The SMILES string of the molecule is C[n+]1ccccc1-c1c(-c2ccc(Br)cc2)cc(-c2ccccc2)cc1-c1ccc(Br)cc1. The number of pyridine rings is 1. The summed E-state index contributed by atoms with van der Waals surface area (Å²) in [5.41, 5.74) is 9.61. The lowest BCUT2D eigenvalue weighted by molar-refractivity contribution is -0.660. The van der Waals surface area contributed by atoms with Crippen molar-refractivity contribution in [2.45, 2.75) is 0 Å². The van der Waals surface area contributed by atoms with E-state index in [0.29, 0.717) is 0 Å².